The lowest BCUT2D eigenvalue weighted by atomic mass is 10.3. The first kappa shape index (κ1) is 15.6. The Bertz CT molecular complexity index is 865. The topological polar surface area (TPSA) is 78.9 Å². The van der Waals surface area contributed by atoms with E-state index in [1.54, 1.807) is 16.6 Å². The normalized spacial score (nSPS) is 15.6. The molecule has 130 valence electrons. The molecule has 1 aliphatic rings. The van der Waals surface area contributed by atoms with Crippen molar-refractivity contribution in [3.05, 3.63) is 42.4 Å². The number of aromatic nitrogens is 3. The van der Waals surface area contributed by atoms with E-state index >= 15 is 0 Å². The van der Waals surface area contributed by atoms with Crippen LogP contribution in [-0.4, -0.2) is 58.1 Å². The van der Waals surface area contributed by atoms with Crippen molar-refractivity contribution in [2.45, 2.75) is 6.92 Å². The van der Waals surface area contributed by atoms with Gasteiger partial charge >= 0.3 is 0 Å². The molecule has 4 rings (SSSR count). The number of hydrogen-bond donors (Lipinski definition) is 1. The SMILES string of the molecule is CCN1CCN(c2cccc3nc(NC(=O)c4ccco4)nn23)CC1. The number of nitrogens with one attached hydrogen (secondary N) is 1. The average Bonchev–Trinajstić information content (AvgIpc) is 3.30. The van der Waals surface area contributed by atoms with Crippen molar-refractivity contribution in [2.75, 3.05) is 42.9 Å². The van der Waals surface area contributed by atoms with Gasteiger partial charge in [0.05, 0.1) is 6.26 Å². The third-order valence-corrected chi connectivity index (χ3v) is 4.45. The number of fused-ring (bicyclic) bond motifs is 1. The van der Waals surface area contributed by atoms with Gasteiger partial charge in [-0.3, -0.25) is 10.1 Å². The van der Waals surface area contributed by atoms with Crippen LogP contribution in [0.25, 0.3) is 5.65 Å². The number of anilines is 2. The molecule has 8 heteroatoms. The van der Waals surface area contributed by atoms with Crippen LogP contribution in [0.3, 0.4) is 0 Å². The van der Waals surface area contributed by atoms with E-state index in [1.807, 2.05) is 18.2 Å². The number of carbonyl (C=O) groups excluding carboxylic acids is 1. The molecule has 1 N–H and O–H groups in total. The van der Waals surface area contributed by atoms with Gasteiger partial charge in [-0.25, -0.2) is 0 Å². The monoisotopic (exact) mass is 340 g/mol. The van der Waals surface area contributed by atoms with E-state index in [-0.39, 0.29) is 17.6 Å². The highest BCUT2D eigenvalue weighted by atomic mass is 16.3. The maximum absolute atomic E-state index is 12.1. The third kappa shape index (κ3) is 3.08. The summed E-state index contributed by atoms with van der Waals surface area (Å²) in [4.78, 5) is 21.2. The molecule has 1 amide bonds. The number of pyridine rings is 1. The summed E-state index contributed by atoms with van der Waals surface area (Å²) in [6, 6.07) is 9.14. The first-order valence-electron chi connectivity index (χ1n) is 8.42. The van der Waals surface area contributed by atoms with Crippen LogP contribution in [0, 0.1) is 0 Å². The molecule has 4 heterocycles. The number of rotatable bonds is 4. The summed E-state index contributed by atoms with van der Waals surface area (Å²) in [6.45, 7) is 7.21. The molecular weight excluding hydrogens is 320 g/mol. The van der Waals surface area contributed by atoms with Gasteiger partial charge in [0.2, 0.25) is 5.95 Å². The third-order valence-electron chi connectivity index (χ3n) is 4.45. The highest BCUT2D eigenvalue weighted by Gasteiger charge is 2.19. The molecule has 0 aromatic carbocycles. The minimum absolute atomic E-state index is 0.231. The van der Waals surface area contributed by atoms with Crippen LogP contribution in [0.15, 0.2) is 41.0 Å². The summed E-state index contributed by atoms with van der Waals surface area (Å²) in [5.41, 5.74) is 0.699. The summed E-state index contributed by atoms with van der Waals surface area (Å²) in [7, 11) is 0. The van der Waals surface area contributed by atoms with Crippen LogP contribution in [0.5, 0.6) is 0 Å². The van der Waals surface area contributed by atoms with Crippen LogP contribution in [0.4, 0.5) is 11.8 Å². The molecule has 0 saturated carbocycles. The lowest BCUT2D eigenvalue weighted by Gasteiger charge is -2.35. The van der Waals surface area contributed by atoms with Gasteiger partial charge in [0.15, 0.2) is 11.4 Å². The standard InChI is InChI=1S/C17H20N6O2/c1-2-21-8-10-22(11-9-21)15-7-3-6-14-18-17(20-23(14)15)19-16(24)13-5-4-12-25-13/h3-7,12H,2,8-11H2,1H3,(H,19,20,24). The van der Waals surface area contributed by atoms with Gasteiger partial charge in [-0.15, -0.1) is 5.10 Å². The maximum Gasteiger partial charge on any atom is 0.293 e. The second-order valence-electron chi connectivity index (χ2n) is 5.94. The molecule has 1 aliphatic heterocycles. The van der Waals surface area contributed by atoms with Gasteiger partial charge in [0.25, 0.3) is 5.91 Å². The van der Waals surface area contributed by atoms with Crippen molar-refractivity contribution >= 4 is 23.3 Å². The summed E-state index contributed by atoms with van der Waals surface area (Å²) in [6.07, 6.45) is 1.46. The van der Waals surface area contributed by atoms with Crippen LogP contribution < -0.4 is 10.2 Å². The molecule has 3 aromatic heterocycles. The molecule has 8 nitrogen and oxygen atoms in total. The average molecular weight is 340 g/mol. The van der Waals surface area contributed by atoms with E-state index in [9.17, 15) is 4.79 Å². The number of nitrogens with zero attached hydrogens (tertiary/aromatic N) is 5. The fraction of sp³-hybridized carbons (Fsp3) is 0.353. The van der Waals surface area contributed by atoms with Crippen molar-refractivity contribution < 1.29 is 9.21 Å². The van der Waals surface area contributed by atoms with Crippen LogP contribution in [0.2, 0.25) is 0 Å². The second-order valence-corrected chi connectivity index (χ2v) is 5.94. The van der Waals surface area contributed by atoms with Crippen molar-refractivity contribution in [3.8, 4) is 0 Å². The van der Waals surface area contributed by atoms with E-state index in [4.69, 9.17) is 4.42 Å². The molecule has 1 fully saturated rings. The van der Waals surface area contributed by atoms with E-state index in [1.165, 1.54) is 6.26 Å². The van der Waals surface area contributed by atoms with Gasteiger partial charge in [-0.1, -0.05) is 13.0 Å². The molecular formula is C17H20N6O2. The van der Waals surface area contributed by atoms with Crippen LogP contribution in [0.1, 0.15) is 17.5 Å². The Hall–Kier alpha value is -2.87. The first-order valence-corrected chi connectivity index (χ1v) is 8.42. The Kier molecular flexibility index (Phi) is 4.10. The first-order chi connectivity index (χ1) is 12.2. The minimum atomic E-state index is -0.362. The van der Waals surface area contributed by atoms with Gasteiger partial charge in [-0.05, 0) is 30.8 Å². The second kappa shape index (κ2) is 6.56. The lowest BCUT2D eigenvalue weighted by Crippen LogP contribution is -2.46. The number of likely N-dealkylation sites (N-methyl/N-ethyl adjacent to an activating group) is 1. The summed E-state index contributed by atoms with van der Waals surface area (Å²) < 4.78 is 6.87. The predicted molar refractivity (Wildman–Crippen MR) is 94.0 cm³/mol. The summed E-state index contributed by atoms with van der Waals surface area (Å²) in [5.74, 6) is 1.12. The zero-order valence-corrected chi connectivity index (χ0v) is 14.1. The summed E-state index contributed by atoms with van der Waals surface area (Å²) >= 11 is 0. The zero-order chi connectivity index (χ0) is 17.2. The molecule has 1 saturated heterocycles. The summed E-state index contributed by atoms with van der Waals surface area (Å²) in [5, 5.41) is 7.13. The highest BCUT2D eigenvalue weighted by molar-refractivity contribution is 6.01. The molecule has 0 radical (unpaired) electrons. The van der Waals surface area contributed by atoms with Gasteiger partial charge in [0.1, 0.15) is 5.82 Å². The largest absolute Gasteiger partial charge is 0.459 e. The molecule has 25 heavy (non-hydrogen) atoms. The fourth-order valence-corrected chi connectivity index (χ4v) is 3.05. The smallest absolute Gasteiger partial charge is 0.293 e. The number of piperazine rings is 1. The highest BCUT2D eigenvalue weighted by Crippen LogP contribution is 2.19. The Labute approximate surface area is 145 Å². The van der Waals surface area contributed by atoms with E-state index < -0.39 is 0 Å². The Morgan fingerprint density at radius 1 is 1.20 bits per heavy atom. The number of furan rings is 1. The van der Waals surface area contributed by atoms with Gasteiger partial charge < -0.3 is 14.2 Å². The predicted octanol–water partition coefficient (Wildman–Crippen LogP) is 1.72. The van der Waals surface area contributed by atoms with Gasteiger partial charge in [0, 0.05) is 26.2 Å². The van der Waals surface area contributed by atoms with E-state index in [0.29, 0.717) is 5.65 Å². The Morgan fingerprint density at radius 3 is 2.76 bits per heavy atom. The molecule has 0 atom stereocenters. The van der Waals surface area contributed by atoms with Crippen molar-refractivity contribution in [1.82, 2.24) is 19.5 Å². The molecule has 0 aliphatic carbocycles. The van der Waals surface area contributed by atoms with Crippen molar-refractivity contribution in [2.24, 2.45) is 0 Å². The van der Waals surface area contributed by atoms with E-state index in [0.717, 1.165) is 38.5 Å². The molecule has 0 spiro atoms. The maximum atomic E-state index is 12.1. The zero-order valence-electron chi connectivity index (χ0n) is 14.1. The Morgan fingerprint density at radius 2 is 2.04 bits per heavy atom. The molecule has 3 aromatic rings. The Balaban J connectivity index is 1.57. The number of carbonyl (C=O) groups is 1. The van der Waals surface area contributed by atoms with Gasteiger partial charge in [-0.2, -0.15) is 9.50 Å². The number of amides is 1. The van der Waals surface area contributed by atoms with E-state index in [2.05, 4.69) is 32.1 Å². The van der Waals surface area contributed by atoms with Crippen molar-refractivity contribution in [1.29, 1.82) is 0 Å². The van der Waals surface area contributed by atoms with Crippen molar-refractivity contribution in [3.63, 3.8) is 0 Å². The number of hydrogen-bond acceptors (Lipinski definition) is 6. The lowest BCUT2D eigenvalue weighted by molar-refractivity contribution is 0.0996. The van der Waals surface area contributed by atoms with Crippen LogP contribution in [-0.2, 0) is 0 Å². The molecule has 0 bridgehead atoms. The van der Waals surface area contributed by atoms with Crippen LogP contribution >= 0.6 is 0 Å². The molecule has 0 unspecified atom stereocenters. The fourth-order valence-electron chi connectivity index (χ4n) is 3.05. The quantitative estimate of drug-likeness (QED) is 0.779. The minimum Gasteiger partial charge on any atom is -0.459 e.